The van der Waals surface area contributed by atoms with E-state index < -0.39 is 0 Å². The maximum Gasteiger partial charge on any atom is 0.256 e. The summed E-state index contributed by atoms with van der Waals surface area (Å²) in [5.41, 5.74) is 3.10. The van der Waals surface area contributed by atoms with Crippen molar-refractivity contribution >= 4 is 67.4 Å². The van der Waals surface area contributed by atoms with E-state index in [1.165, 1.54) is 23.3 Å². The van der Waals surface area contributed by atoms with Gasteiger partial charge >= 0.3 is 0 Å². The molecule has 0 spiro atoms. The maximum absolute atomic E-state index is 12.8. The molecule has 4 rings (SSSR count). The molecule has 1 amide bonds. The molecule has 1 aliphatic heterocycles. The zero-order chi connectivity index (χ0) is 16.8. The van der Waals surface area contributed by atoms with Crippen molar-refractivity contribution < 1.29 is 9.53 Å². The number of ether oxygens (including phenoxy) is 1. The van der Waals surface area contributed by atoms with Crippen LogP contribution in [0, 0.1) is 7.14 Å². The van der Waals surface area contributed by atoms with E-state index in [0.717, 1.165) is 41.9 Å². The predicted molar refractivity (Wildman–Crippen MR) is 113 cm³/mol. The van der Waals surface area contributed by atoms with Crippen LogP contribution in [0.1, 0.15) is 45.4 Å². The molecule has 4 nitrogen and oxygen atoms in total. The number of halogens is 2. The van der Waals surface area contributed by atoms with Gasteiger partial charge in [-0.05, 0) is 88.6 Å². The van der Waals surface area contributed by atoms with E-state index in [-0.39, 0.29) is 12.1 Å². The summed E-state index contributed by atoms with van der Waals surface area (Å²) < 4.78 is 7.76. The van der Waals surface area contributed by atoms with Gasteiger partial charge < -0.3 is 15.4 Å². The number of aryl methyl sites for hydroxylation is 1. The van der Waals surface area contributed by atoms with E-state index in [0.29, 0.717) is 0 Å². The lowest BCUT2D eigenvalue weighted by Gasteiger charge is -2.28. The third-order valence-electron chi connectivity index (χ3n) is 4.50. The Morgan fingerprint density at radius 1 is 1.21 bits per heavy atom. The second kappa shape index (κ2) is 6.64. The lowest BCUT2D eigenvalue weighted by molar-refractivity contribution is 0.0935. The van der Waals surface area contributed by atoms with Crippen LogP contribution in [0.3, 0.4) is 0 Å². The van der Waals surface area contributed by atoms with Crippen LogP contribution in [0.15, 0.2) is 12.1 Å². The molecule has 2 aliphatic rings. The number of nitrogens with one attached hydrogen (secondary N) is 2. The number of hydrogen-bond acceptors (Lipinski definition) is 4. The fraction of sp³-hybridized carbons (Fsp3) is 0.353. The van der Waals surface area contributed by atoms with Crippen molar-refractivity contribution in [3.05, 3.63) is 40.8 Å². The first-order chi connectivity index (χ1) is 11.6. The lowest BCUT2D eigenvalue weighted by atomic mass is 9.94. The van der Waals surface area contributed by atoms with Gasteiger partial charge in [-0.15, -0.1) is 11.3 Å². The smallest absolute Gasteiger partial charge is 0.256 e. The number of anilines is 1. The van der Waals surface area contributed by atoms with Gasteiger partial charge in [0.1, 0.15) is 16.9 Å². The zero-order valence-corrected chi connectivity index (χ0v) is 18.2. The number of rotatable bonds is 2. The summed E-state index contributed by atoms with van der Waals surface area (Å²) in [5.74, 6) is 0.850. The first-order valence-corrected chi connectivity index (χ1v) is 10.8. The molecule has 0 saturated carbocycles. The Hall–Kier alpha value is -0.550. The summed E-state index contributed by atoms with van der Waals surface area (Å²) in [7, 11) is 1.67. The van der Waals surface area contributed by atoms with Gasteiger partial charge in [0.05, 0.1) is 16.2 Å². The quantitative estimate of drug-likeness (QED) is 0.519. The molecule has 7 heteroatoms. The molecule has 2 aromatic rings. The molecular formula is C17H16I2N2O2S. The van der Waals surface area contributed by atoms with Crippen LogP contribution in [-0.4, -0.2) is 13.0 Å². The number of hydrogen-bond donors (Lipinski definition) is 2. The average Bonchev–Trinajstić information content (AvgIpc) is 2.93. The van der Waals surface area contributed by atoms with Crippen LogP contribution in [0.4, 0.5) is 5.00 Å². The van der Waals surface area contributed by atoms with Crippen molar-refractivity contribution in [1.82, 2.24) is 5.32 Å². The van der Waals surface area contributed by atoms with Gasteiger partial charge in [0, 0.05) is 14.0 Å². The van der Waals surface area contributed by atoms with Gasteiger partial charge in [-0.25, -0.2) is 0 Å². The summed E-state index contributed by atoms with van der Waals surface area (Å²) in [6.07, 6.45) is 4.25. The monoisotopic (exact) mass is 566 g/mol. The molecule has 1 atom stereocenters. The Kier molecular flexibility index (Phi) is 4.67. The minimum Gasteiger partial charge on any atom is -0.495 e. The minimum absolute atomic E-state index is 0.0315. The number of benzene rings is 1. The molecule has 2 N–H and O–H groups in total. The third kappa shape index (κ3) is 2.82. The summed E-state index contributed by atoms with van der Waals surface area (Å²) in [4.78, 5) is 14.2. The number of carbonyl (C=O) groups excluding carboxylic acids is 1. The van der Waals surface area contributed by atoms with Crippen LogP contribution in [0.25, 0.3) is 0 Å². The summed E-state index contributed by atoms with van der Waals surface area (Å²) >= 11 is 6.32. The third-order valence-corrected chi connectivity index (χ3v) is 7.15. The molecule has 126 valence electrons. The van der Waals surface area contributed by atoms with Crippen LogP contribution in [0.5, 0.6) is 5.75 Å². The Bertz CT molecular complexity index is 834. The fourth-order valence-corrected chi connectivity index (χ4v) is 6.87. The number of fused-ring (bicyclic) bond motifs is 3. The number of thiophene rings is 1. The fourth-order valence-electron chi connectivity index (χ4n) is 3.44. The van der Waals surface area contributed by atoms with Crippen molar-refractivity contribution in [3.63, 3.8) is 0 Å². The second-order valence-electron chi connectivity index (χ2n) is 5.98. The van der Waals surface area contributed by atoms with Gasteiger partial charge in [0.25, 0.3) is 5.91 Å². The molecule has 1 unspecified atom stereocenters. The van der Waals surface area contributed by atoms with Gasteiger partial charge in [-0.1, -0.05) is 0 Å². The molecular weight excluding hydrogens is 550 g/mol. The highest BCUT2D eigenvalue weighted by atomic mass is 127. The molecule has 0 fully saturated rings. The van der Waals surface area contributed by atoms with Gasteiger partial charge in [0.15, 0.2) is 0 Å². The zero-order valence-electron chi connectivity index (χ0n) is 13.0. The Morgan fingerprint density at radius 2 is 2.00 bits per heavy atom. The number of amides is 1. The normalized spacial score (nSPS) is 19.1. The van der Waals surface area contributed by atoms with Crippen molar-refractivity contribution in [2.75, 3.05) is 12.4 Å². The van der Waals surface area contributed by atoms with Gasteiger partial charge in [-0.2, -0.15) is 0 Å². The largest absolute Gasteiger partial charge is 0.495 e. The predicted octanol–water partition coefficient (Wildman–Crippen LogP) is 4.70. The van der Waals surface area contributed by atoms with Crippen LogP contribution in [-0.2, 0) is 12.8 Å². The van der Waals surface area contributed by atoms with E-state index in [9.17, 15) is 4.79 Å². The lowest BCUT2D eigenvalue weighted by Crippen LogP contribution is -2.38. The maximum atomic E-state index is 12.8. The van der Waals surface area contributed by atoms with E-state index in [1.807, 2.05) is 0 Å². The highest BCUT2D eigenvalue weighted by molar-refractivity contribution is 14.1. The molecule has 0 radical (unpaired) electrons. The highest BCUT2D eigenvalue weighted by Crippen LogP contribution is 2.43. The molecule has 1 aliphatic carbocycles. The number of methoxy groups -OCH3 is 1. The Balaban J connectivity index is 1.76. The standard InChI is InChI=1S/C17H16I2N2O2S/c1-23-14-10(6-8(18)7-11(14)19)15-20-16(22)13-9-4-2-3-5-12(9)24-17(13)21-15/h6-7,15,21H,2-5H2,1H3,(H,20,22). The van der Waals surface area contributed by atoms with Gasteiger partial charge in [0.2, 0.25) is 0 Å². The van der Waals surface area contributed by atoms with Crippen LogP contribution in [0.2, 0.25) is 0 Å². The van der Waals surface area contributed by atoms with E-state index in [4.69, 9.17) is 4.74 Å². The van der Waals surface area contributed by atoms with Crippen molar-refractivity contribution in [3.8, 4) is 5.75 Å². The first-order valence-electron chi connectivity index (χ1n) is 7.83. The molecule has 24 heavy (non-hydrogen) atoms. The minimum atomic E-state index is -0.261. The SMILES string of the molecule is COc1c(I)cc(I)cc1C1NC(=O)c2c(sc3c2CCCC3)N1. The number of carbonyl (C=O) groups is 1. The molecule has 0 bridgehead atoms. The summed E-state index contributed by atoms with van der Waals surface area (Å²) in [5, 5.41) is 7.66. The van der Waals surface area contributed by atoms with E-state index >= 15 is 0 Å². The van der Waals surface area contributed by atoms with Crippen molar-refractivity contribution in [1.29, 1.82) is 0 Å². The molecule has 1 aromatic heterocycles. The van der Waals surface area contributed by atoms with E-state index in [1.54, 1.807) is 18.4 Å². The highest BCUT2D eigenvalue weighted by Gasteiger charge is 2.33. The molecule has 1 aromatic carbocycles. The second-order valence-corrected chi connectivity index (χ2v) is 9.49. The van der Waals surface area contributed by atoms with Crippen LogP contribution < -0.4 is 15.4 Å². The van der Waals surface area contributed by atoms with Crippen LogP contribution >= 0.6 is 56.5 Å². The molecule has 2 heterocycles. The topological polar surface area (TPSA) is 50.4 Å². The first kappa shape index (κ1) is 16.9. The van der Waals surface area contributed by atoms with Crippen molar-refractivity contribution in [2.24, 2.45) is 0 Å². The van der Waals surface area contributed by atoms with E-state index in [2.05, 4.69) is 67.9 Å². The average molecular weight is 566 g/mol. The van der Waals surface area contributed by atoms with Gasteiger partial charge in [-0.3, -0.25) is 4.79 Å². The van der Waals surface area contributed by atoms with Crippen molar-refractivity contribution in [2.45, 2.75) is 31.8 Å². The summed E-state index contributed by atoms with van der Waals surface area (Å²) in [6, 6.07) is 4.14. The Labute approximate surface area is 172 Å². The Morgan fingerprint density at radius 3 is 2.79 bits per heavy atom. The summed E-state index contributed by atoms with van der Waals surface area (Å²) in [6.45, 7) is 0. The molecule has 0 saturated heterocycles.